The molecule has 0 saturated heterocycles. The number of hydrazone groups is 1. The van der Waals surface area contributed by atoms with E-state index in [0.29, 0.717) is 29.4 Å². The summed E-state index contributed by atoms with van der Waals surface area (Å²) in [4.78, 5) is 23.7. The number of nitrogens with one attached hydrogen (secondary N) is 2. The van der Waals surface area contributed by atoms with Crippen LogP contribution in [0.2, 0.25) is 0 Å². The van der Waals surface area contributed by atoms with Crippen LogP contribution in [0.5, 0.6) is 11.5 Å². The molecule has 0 heterocycles. The maximum absolute atomic E-state index is 11.9. The van der Waals surface area contributed by atoms with Crippen LogP contribution in [0.15, 0.2) is 52.0 Å². The van der Waals surface area contributed by atoms with Gasteiger partial charge in [0.15, 0.2) is 11.5 Å². The summed E-state index contributed by atoms with van der Waals surface area (Å²) in [7, 11) is 1.55. The number of carbonyl (C=O) groups excluding carboxylic acids is 2. The number of hydrogen-bond donors (Lipinski definition) is 2. The number of hydrogen-bond acceptors (Lipinski definition) is 5. The topological polar surface area (TPSA) is 89.0 Å². The summed E-state index contributed by atoms with van der Waals surface area (Å²) in [5, 5.41) is 6.65. The van der Waals surface area contributed by atoms with E-state index in [1.807, 2.05) is 25.1 Å². The highest BCUT2D eigenvalue weighted by Gasteiger charge is 2.11. The second-order valence-corrected chi connectivity index (χ2v) is 6.53. The third kappa shape index (κ3) is 6.70. The van der Waals surface area contributed by atoms with Crippen LogP contribution in [0.25, 0.3) is 0 Å². The maximum atomic E-state index is 11.9. The Labute approximate surface area is 172 Å². The summed E-state index contributed by atoms with van der Waals surface area (Å²) in [5.41, 5.74) is 3.82. The van der Waals surface area contributed by atoms with Gasteiger partial charge in [0.2, 0.25) is 11.8 Å². The molecular formula is C20H22BrN3O4. The number of nitrogens with zero attached hydrogens (tertiary/aromatic N) is 1. The van der Waals surface area contributed by atoms with E-state index < -0.39 is 0 Å². The van der Waals surface area contributed by atoms with Gasteiger partial charge in [-0.05, 0) is 52.7 Å². The average molecular weight is 448 g/mol. The van der Waals surface area contributed by atoms with Crippen LogP contribution in [0.4, 0.5) is 5.69 Å². The molecule has 8 heteroatoms. The first-order valence-electron chi connectivity index (χ1n) is 8.70. The van der Waals surface area contributed by atoms with Crippen LogP contribution < -0.4 is 20.2 Å². The van der Waals surface area contributed by atoms with Gasteiger partial charge in [-0.25, -0.2) is 5.43 Å². The van der Waals surface area contributed by atoms with E-state index in [1.165, 1.54) is 6.21 Å². The Hall–Kier alpha value is -2.87. The van der Waals surface area contributed by atoms with Crippen LogP contribution in [-0.2, 0) is 9.59 Å². The second-order valence-electron chi connectivity index (χ2n) is 5.67. The Morgan fingerprint density at radius 2 is 1.86 bits per heavy atom. The summed E-state index contributed by atoms with van der Waals surface area (Å²) in [6.45, 7) is 2.40. The SMILES string of the molecule is CCOc1c(Br)cc(C=NNC(=O)CCC(=O)Nc2ccccc2)cc1OC. The molecule has 2 aromatic carbocycles. The molecule has 0 bridgehead atoms. The monoisotopic (exact) mass is 447 g/mol. The highest BCUT2D eigenvalue weighted by Crippen LogP contribution is 2.36. The zero-order chi connectivity index (χ0) is 20.4. The molecule has 2 aromatic rings. The lowest BCUT2D eigenvalue weighted by atomic mass is 10.2. The molecule has 0 saturated carbocycles. The van der Waals surface area contributed by atoms with Crippen LogP contribution in [-0.4, -0.2) is 31.7 Å². The number of benzene rings is 2. The number of rotatable bonds is 9. The Kier molecular flexibility index (Phi) is 8.48. The lowest BCUT2D eigenvalue weighted by Gasteiger charge is -2.11. The summed E-state index contributed by atoms with van der Waals surface area (Å²) in [5.74, 6) is 0.583. The van der Waals surface area contributed by atoms with Crippen molar-refractivity contribution in [2.24, 2.45) is 5.10 Å². The summed E-state index contributed by atoms with van der Waals surface area (Å²) in [6, 6.07) is 12.6. The average Bonchev–Trinajstić information content (AvgIpc) is 2.69. The van der Waals surface area contributed by atoms with Crippen molar-refractivity contribution >= 4 is 39.6 Å². The molecule has 0 aliphatic carbocycles. The molecule has 28 heavy (non-hydrogen) atoms. The zero-order valence-electron chi connectivity index (χ0n) is 15.7. The van der Waals surface area contributed by atoms with Crippen LogP contribution >= 0.6 is 15.9 Å². The molecule has 0 atom stereocenters. The van der Waals surface area contributed by atoms with Crippen LogP contribution in [0.1, 0.15) is 25.3 Å². The van der Waals surface area contributed by atoms with E-state index in [9.17, 15) is 9.59 Å². The van der Waals surface area contributed by atoms with Crippen molar-refractivity contribution in [1.29, 1.82) is 0 Å². The number of anilines is 1. The van der Waals surface area contributed by atoms with Crippen molar-refractivity contribution in [3.8, 4) is 11.5 Å². The minimum atomic E-state index is -0.351. The van der Waals surface area contributed by atoms with E-state index in [-0.39, 0.29) is 24.7 Å². The second kappa shape index (κ2) is 11.1. The molecule has 0 aromatic heterocycles. The van der Waals surface area contributed by atoms with Crippen molar-refractivity contribution < 1.29 is 19.1 Å². The molecule has 0 spiro atoms. The molecule has 0 fully saturated rings. The predicted molar refractivity (Wildman–Crippen MR) is 112 cm³/mol. The van der Waals surface area contributed by atoms with Crippen molar-refractivity contribution in [1.82, 2.24) is 5.43 Å². The first-order valence-corrected chi connectivity index (χ1v) is 9.50. The van der Waals surface area contributed by atoms with E-state index in [1.54, 1.807) is 31.4 Å². The Balaban J connectivity index is 1.84. The van der Waals surface area contributed by atoms with E-state index in [2.05, 4.69) is 31.8 Å². The van der Waals surface area contributed by atoms with Crippen molar-refractivity contribution in [2.75, 3.05) is 19.0 Å². The molecule has 0 unspecified atom stereocenters. The minimum Gasteiger partial charge on any atom is -0.493 e. The molecule has 7 nitrogen and oxygen atoms in total. The fourth-order valence-corrected chi connectivity index (χ4v) is 2.88. The van der Waals surface area contributed by atoms with Crippen molar-refractivity contribution in [3.63, 3.8) is 0 Å². The zero-order valence-corrected chi connectivity index (χ0v) is 17.3. The lowest BCUT2D eigenvalue weighted by Crippen LogP contribution is -2.20. The van der Waals surface area contributed by atoms with Gasteiger partial charge in [-0.15, -0.1) is 0 Å². The van der Waals surface area contributed by atoms with Gasteiger partial charge >= 0.3 is 0 Å². The molecule has 2 N–H and O–H groups in total. The number of halogens is 1. The van der Waals surface area contributed by atoms with Crippen LogP contribution in [0, 0.1) is 0 Å². The first-order chi connectivity index (χ1) is 13.5. The van der Waals surface area contributed by atoms with Crippen molar-refractivity contribution in [2.45, 2.75) is 19.8 Å². The van der Waals surface area contributed by atoms with Gasteiger partial charge < -0.3 is 14.8 Å². The molecule has 2 rings (SSSR count). The lowest BCUT2D eigenvalue weighted by molar-refractivity contribution is -0.124. The maximum Gasteiger partial charge on any atom is 0.240 e. The third-order valence-electron chi connectivity index (χ3n) is 3.58. The Morgan fingerprint density at radius 1 is 1.14 bits per heavy atom. The third-order valence-corrected chi connectivity index (χ3v) is 4.17. The summed E-state index contributed by atoms with van der Waals surface area (Å²) >= 11 is 3.43. The van der Waals surface area contributed by atoms with Gasteiger partial charge in [0.1, 0.15) is 0 Å². The van der Waals surface area contributed by atoms with Gasteiger partial charge in [-0.3, -0.25) is 9.59 Å². The van der Waals surface area contributed by atoms with E-state index in [4.69, 9.17) is 9.47 Å². The number of amides is 2. The predicted octanol–water partition coefficient (Wildman–Crippen LogP) is 3.73. The normalized spacial score (nSPS) is 10.5. The molecule has 2 amide bonds. The number of ether oxygens (including phenoxy) is 2. The molecule has 0 aliphatic heterocycles. The highest BCUT2D eigenvalue weighted by atomic mass is 79.9. The largest absolute Gasteiger partial charge is 0.493 e. The van der Waals surface area contributed by atoms with Gasteiger partial charge in [0.25, 0.3) is 0 Å². The Bertz CT molecular complexity index is 841. The fraction of sp³-hybridized carbons (Fsp3) is 0.250. The van der Waals surface area contributed by atoms with E-state index in [0.717, 1.165) is 4.47 Å². The van der Waals surface area contributed by atoms with Gasteiger partial charge in [-0.2, -0.15) is 5.10 Å². The summed E-state index contributed by atoms with van der Waals surface area (Å²) in [6.07, 6.45) is 1.59. The molecular weight excluding hydrogens is 426 g/mol. The van der Waals surface area contributed by atoms with Crippen molar-refractivity contribution in [3.05, 3.63) is 52.5 Å². The fourth-order valence-electron chi connectivity index (χ4n) is 2.31. The number of para-hydroxylation sites is 1. The number of methoxy groups -OCH3 is 1. The quantitative estimate of drug-likeness (QED) is 0.452. The first kappa shape index (κ1) is 21.4. The highest BCUT2D eigenvalue weighted by molar-refractivity contribution is 9.10. The Morgan fingerprint density at radius 3 is 2.54 bits per heavy atom. The summed E-state index contributed by atoms with van der Waals surface area (Å²) < 4.78 is 11.6. The van der Waals surface area contributed by atoms with E-state index >= 15 is 0 Å². The van der Waals surface area contributed by atoms with Crippen LogP contribution in [0.3, 0.4) is 0 Å². The number of carbonyl (C=O) groups is 2. The molecule has 148 valence electrons. The van der Waals surface area contributed by atoms with Gasteiger partial charge in [0, 0.05) is 18.5 Å². The van der Waals surface area contributed by atoms with Gasteiger partial charge in [-0.1, -0.05) is 18.2 Å². The van der Waals surface area contributed by atoms with Gasteiger partial charge in [0.05, 0.1) is 24.4 Å². The smallest absolute Gasteiger partial charge is 0.240 e. The molecule has 0 aliphatic rings. The standard InChI is InChI=1S/C20H22BrN3O4/c1-3-28-20-16(21)11-14(12-17(20)27-2)13-22-24-19(26)10-9-18(25)23-15-7-5-4-6-8-15/h4-8,11-13H,3,9-10H2,1-2H3,(H,23,25)(H,24,26). The minimum absolute atomic E-state index is 0.0340. The molecule has 0 radical (unpaired) electrons.